The molecule has 3 heterocycles. The summed E-state index contributed by atoms with van der Waals surface area (Å²) in [7, 11) is 0. The number of hydrogen-bond donors (Lipinski definition) is 1. The first-order valence-corrected chi connectivity index (χ1v) is 10.8. The number of halogens is 1. The van der Waals surface area contributed by atoms with E-state index in [2.05, 4.69) is 20.8 Å². The van der Waals surface area contributed by atoms with Gasteiger partial charge in [0, 0.05) is 27.4 Å². The zero-order chi connectivity index (χ0) is 20.5. The fourth-order valence-electron chi connectivity index (χ4n) is 3.58. The van der Waals surface area contributed by atoms with E-state index in [1.54, 1.807) is 11.3 Å². The number of aliphatic imine (C=N–C) groups is 1. The molecule has 1 aliphatic heterocycles. The summed E-state index contributed by atoms with van der Waals surface area (Å²) < 4.78 is 2.10. The maximum absolute atomic E-state index is 11.0. The predicted molar refractivity (Wildman–Crippen MR) is 116 cm³/mol. The summed E-state index contributed by atoms with van der Waals surface area (Å²) in [6, 6.07) is 9.83. The largest absolute Gasteiger partial charge is 0.370 e. The van der Waals surface area contributed by atoms with Crippen molar-refractivity contribution in [1.82, 2.24) is 14.8 Å². The normalized spacial score (nSPS) is 15.4. The summed E-state index contributed by atoms with van der Waals surface area (Å²) in [4.78, 5) is 17.2. The Morgan fingerprint density at radius 3 is 2.79 bits per heavy atom. The first kappa shape index (κ1) is 19.8. The van der Waals surface area contributed by atoms with Gasteiger partial charge >= 0.3 is 0 Å². The summed E-state index contributed by atoms with van der Waals surface area (Å²) in [6.07, 6.45) is 3.00. The van der Waals surface area contributed by atoms with Gasteiger partial charge in [-0.05, 0) is 45.2 Å². The minimum atomic E-state index is -0.251. The van der Waals surface area contributed by atoms with Crippen molar-refractivity contribution in [3.63, 3.8) is 0 Å². The maximum atomic E-state index is 11.0. The molecule has 1 unspecified atom stereocenters. The highest BCUT2D eigenvalue weighted by Gasteiger charge is 2.28. The van der Waals surface area contributed by atoms with Crippen LogP contribution in [-0.2, 0) is 11.2 Å². The molecule has 2 N–H and O–H groups in total. The molecule has 0 saturated carbocycles. The third-order valence-corrected chi connectivity index (χ3v) is 6.50. The summed E-state index contributed by atoms with van der Waals surface area (Å²) in [5.74, 6) is 1.41. The number of hydrogen-bond acceptors (Lipinski definition) is 5. The highest BCUT2D eigenvalue weighted by molar-refractivity contribution is 7.15. The van der Waals surface area contributed by atoms with E-state index in [1.165, 1.54) is 4.88 Å². The lowest BCUT2D eigenvalue weighted by molar-refractivity contribution is -0.118. The second-order valence-corrected chi connectivity index (χ2v) is 8.70. The van der Waals surface area contributed by atoms with Crippen LogP contribution in [-0.4, -0.2) is 26.4 Å². The van der Waals surface area contributed by atoms with E-state index >= 15 is 0 Å². The topological polar surface area (TPSA) is 86.2 Å². The SMILES string of the molecule is Cc1nnc2n1-c1sc(CCCCC(N)=O)cc1C(c1ccccc1Cl)=NC2C. The number of unbranched alkanes of at least 4 members (excludes halogenated alkanes) is 1. The number of fused-ring (bicyclic) bond motifs is 3. The number of rotatable bonds is 6. The Morgan fingerprint density at radius 1 is 1.24 bits per heavy atom. The number of amides is 1. The Kier molecular flexibility index (Phi) is 5.52. The molecule has 1 aromatic carbocycles. The number of benzene rings is 1. The van der Waals surface area contributed by atoms with E-state index in [0.29, 0.717) is 11.4 Å². The fourth-order valence-corrected chi connectivity index (χ4v) is 5.06. The molecule has 0 radical (unpaired) electrons. The number of nitrogens with two attached hydrogens (primary N) is 1. The van der Waals surface area contributed by atoms with Crippen LogP contribution in [0.3, 0.4) is 0 Å². The standard InChI is InChI=1S/C21H22ClN5OS/c1-12-20-26-25-13(2)27(20)21-16(11-14(29-21)7-3-6-10-18(23)28)19(24-12)15-8-4-5-9-17(15)22/h4-5,8-9,11-12H,3,6-7,10H2,1-2H3,(H2,23,28). The molecule has 0 spiro atoms. The van der Waals surface area contributed by atoms with E-state index in [0.717, 1.165) is 52.8 Å². The minimum Gasteiger partial charge on any atom is -0.370 e. The van der Waals surface area contributed by atoms with E-state index in [9.17, 15) is 4.79 Å². The number of primary amides is 1. The predicted octanol–water partition coefficient (Wildman–Crippen LogP) is 4.40. The minimum absolute atomic E-state index is 0.138. The third-order valence-electron chi connectivity index (χ3n) is 4.99. The molecule has 8 heteroatoms. The van der Waals surface area contributed by atoms with Crippen LogP contribution < -0.4 is 5.73 Å². The van der Waals surface area contributed by atoms with Crippen LogP contribution in [0.15, 0.2) is 35.3 Å². The summed E-state index contributed by atoms with van der Waals surface area (Å²) in [5.41, 5.74) is 8.09. The highest BCUT2D eigenvalue weighted by Crippen LogP contribution is 2.37. The molecule has 4 rings (SSSR count). The van der Waals surface area contributed by atoms with E-state index in [4.69, 9.17) is 22.3 Å². The zero-order valence-electron chi connectivity index (χ0n) is 16.4. The molecule has 2 aromatic heterocycles. The molecule has 1 atom stereocenters. The smallest absolute Gasteiger partial charge is 0.217 e. The summed E-state index contributed by atoms with van der Waals surface area (Å²) >= 11 is 8.24. The Balaban J connectivity index is 1.79. The molecule has 3 aromatic rings. The lowest BCUT2D eigenvalue weighted by Gasteiger charge is -2.09. The molecule has 1 aliphatic rings. The molecular formula is C21H22ClN5OS. The number of nitrogens with zero attached hydrogens (tertiary/aromatic N) is 4. The summed E-state index contributed by atoms with van der Waals surface area (Å²) in [5, 5.41) is 10.4. The number of aromatic nitrogens is 3. The van der Waals surface area contributed by atoms with Gasteiger partial charge in [0.15, 0.2) is 5.82 Å². The Morgan fingerprint density at radius 2 is 2.03 bits per heavy atom. The second kappa shape index (κ2) is 8.08. The Bertz CT molecular complexity index is 1100. The van der Waals surface area contributed by atoms with Crippen molar-refractivity contribution in [2.45, 2.75) is 45.6 Å². The van der Waals surface area contributed by atoms with Gasteiger partial charge in [-0.2, -0.15) is 0 Å². The fraction of sp³-hybridized carbons (Fsp3) is 0.333. The molecule has 0 fully saturated rings. The first-order chi connectivity index (χ1) is 14.0. The average Bonchev–Trinajstić information content (AvgIpc) is 3.24. The van der Waals surface area contributed by atoms with Gasteiger partial charge in [0.1, 0.15) is 16.9 Å². The van der Waals surface area contributed by atoms with Crippen molar-refractivity contribution in [1.29, 1.82) is 0 Å². The summed E-state index contributed by atoms with van der Waals surface area (Å²) in [6.45, 7) is 3.98. The van der Waals surface area contributed by atoms with Crippen LogP contribution in [0.25, 0.3) is 5.00 Å². The zero-order valence-corrected chi connectivity index (χ0v) is 17.9. The van der Waals surface area contributed by atoms with Crippen LogP contribution in [0.1, 0.15) is 59.9 Å². The van der Waals surface area contributed by atoms with Gasteiger partial charge in [-0.3, -0.25) is 14.4 Å². The van der Waals surface area contributed by atoms with E-state index in [1.807, 2.05) is 38.1 Å². The Labute approximate surface area is 178 Å². The van der Waals surface area contributed by atoms with Crippen molar-refractivity contribution >= 4 is 34.6 Å². The molecule has 0 aliphatic carbocycles. The Hall–Kier alpha value is -2.51. The second-order valence-electron chi connectivity index (χ2n) is 7.18. The third kappa shape index (κ3) is 3.84. The quantitative estimate of drug-likeness (QED) is 0.591. The van der Waals surface area contributed by atoms with Crippen LogP contribution in [0, 0.1) is 6.92 Å². The molecule has 6 nitrogen and oxygen atoms in total. The van der Waals surface area contributed by atoms with Gasteiger partial charge in [0.2, 0.25) is 5.91 Å². The first-order valence-electron chi connectivity index (χ1n) is 9.62. The van der Waals surface area contributed by atoms with Gasteiger partial charge in [0.05, 0.1) is 5.71 Å². The van der Waals surface area contributed by atoms with Crippen molar-refractivity contribution in [3.05, 3.63) is 63.0 Å². The van der Waals surface area contributed by atoms with Gasteiger partial charge in [0.25, 0.3) is 0 Å². The molecule has 29 heavy (non-hydrogen) atoms. The number of aryl methyl sites for hydroxylation is 2. The van der Waals surface area contributed by atoms with Gasteiger partial charge in [-0.1, -0.05) is 29.8 Å². The van der Waals surface area contributed by atoms with E-state index < -0.39 is 0 Å². The maximum Gasteiger partial charge on any atom is 0.217 e. The van der Waals surface area contributed by atoms with Gasteiger partial charge in [-0.15, -0.1) is 21.5 Å². The molecule has 150 valence electrons. The van der Waals surface area contributed by atoms with Crippen LogP contribution >= 0.6 is 22.9 Å². The molecule has 0 bridgehead atoms. The molecule has 0 saturated heterocycles. The van der Waals surface area contributed by atoms with Crippen LogP contribution in [0.2, 0.25) is 5.02 Å². The van der Waals surface area contributed by atoms with Crippen molar-refractivity contribution < 1.29 is 4.79 Å². The van der Waals surface area contributed by atoms with Gasteiger partial charge in [-0.25, -0.2) is 0 Å². The van der Waals surface area contributed by atoms with Crippen molar-refractivity contribution in [2.75, 3.05) is 0 Å². The number of carbonyl (C=O) groups excluding carboxylic acids is 1. The lowest BCUT2D eigenvalue weighted by Crippen LogP contribution is -2.09. The average molecular weight is 428 g/mol. The van der Waals surface area contributed by atoms with Crippen molar-refractivity contribution in [3.8, 4) is 5.00 Å². The molecule has 1 amide bonds. The van der Waals surface area contributed by atoms with Crippen LogP contribution in [0.4, 0.5) is 0 Å². The molecular weight excluding hydrogens is 406 g/mol. The lowest BCUT2D eigenvalue weighted by atomic mass is 10.0. The van der Waals surface area contributed by atoms with Crippen LogP contribution in [0.5, 0.6) is 0 Å². The highest BCUT2D eigenvalue weighted by atomic mass is 35.5. The number of thiophene rings is 1. The van der Waals surface area contributed by atoms with E-state index in [-0.39, 0.29) is 11.9 Å². The van der Waals surface area contributed by atoms with Gasteiger partial charge < -0.3 is 5.73 Å². The van der Waals surface area contributed by atoms with Crippen molar-refractivity contribution in [2.24, 2.45) is 10.7 Å². The monoisotopic (exact) mass is 427 g/mol. The number of carbonyl (C=O) groups is 1.